The fourth-order valence-electron chi connectivity index (χ4n) is 2.27. The minimum absolute atomic E-state index is 0.263. The van der Waals surface area contributed by atoms with Crippen LogP contribution < -0.4 is 10.1 Å². The summed E-state index contributed by atoms with van der Waals surface area (Å²) in [6, 6.07) is 20.6. The summed E-state index contributed by atoms with van der Waals surface area (Å²) in [6.45, 7) is 2.39. The highest BCUT2D eigenvalue weighted by molar-refractivity contribution is 6.02. The maximum atomic E-state index is 12.1. The molecule has 4 nitrogen and oxygen atoms in total. The molecular formula is C20H19NO3. The van der Waals surface area contributed by atoms with Crippen LogP contribution >= 0.6 is 0 Å². The van der Waals surface area contributed by atoms with Crippen molar-refractivity contribution in [2.24, 2.45) is 0 Å². The van der Waals surface area contributed by atoms with E-state index in [9.17, 15) is 4.79 Å². The molecule has 0 saturated heterocycles. The van der Waals surface area contributed by atoms with E-state index < -0.39 is 0 Å². The molecule has 0 atom stereocenters. The van der Waals surface area contributed by atoms with E-state index in [4.69, 9.17) is 9.15 Å². The van der Waals surface area contributed by atoms with Crippen molar-refractivity contribution < 1.29 is 13.9 Å². The molecule has 4 heteroatoms. The van der Waals surface area contributed by atoms with Crippen LogP contribution in [-0.2, 0) is 13.0 Å². The zero-order valence-corrected chi connectivity index (χ0v) is 13.5. The second kappa shape index (κ2) is 7.51. The van der Waals surface area contributed by atoms with Gasteiger partial charge in [-0.1, -0.05) is 37.3 Å². The van der Waals surface area contributed by atoms with Gasteiger partial charge in [-0.3, -0.25) is 4.79 Å². The first kappa shape index (κ1) is 15.9. The molecule has 1 amide bonds. The zero-order valence-electron chi connectivity index (χ0n) is 13.5. The number of furan rings is 1. The summed E-state index contributed by atoms with van der Waals surface area (Å²) in [6.07, 6.45) is 0.998. The summed E-state index contributed by atoms with van der Waals surface area (Å²) in [5.74, 6) is 1.37. The molecule has 1 heterocycles. The highest BCUT2D eigenvalue weighted by Crippen LogP contribution is 2.16. The Balaban J connectivity index is 1.57. The van der Waals surface area contributed by atoms with Crippen molar-refractivity contribution in [3.8, 4) is 5.75 Å². The third-order valence-corrected chi connectivity index (χ3v) is 3.63. The van der Waals surface area contributed by atoms with Crippen molar-refractivity contribution in [3.05, 3.63) is 83.8 Å². The summed E-state index contributed by atoms with van der Waals surface area (Å²) in [4.78, 5) is 12.1. The maximum absolute atomic E-state index is 12.1. The van der Waals surface area contributed by atoms with E-state index in [-0.39, 0.29) is 18.3 Å². The van der Waals surface area contributed by atoms with E-state index in [0.29, 0.717) is 5.76 Å². The SMILES string of the molecule is CCc1ccc(OCc2ccc(C(=O)Nc3ccccc3)o2)cc1. The Morgan fingerprint density at radius 2 is 1.75 bits per heavy atom. The van der Waals surface area contributed by atoms with Gasteiger partial charge >= 0.3 is 0 Å². The molecular weight excluding hydrogens is 302 g/mol. The quantitative estimate of drug-likeness (QED) is 0.717. The van der Waals surface area contributed by atoms with Gasteiger partial charge in [-0.2, -0.15) is 0 Å². The first-order valence-electron chi connectivity index (χ1n) is 7.91. The van der Waals surface area contributed by atoms with Crippen LogP contribution in [0.15, 0.2) is 71.1 Å². The Kier molecular flexibility index (Phi) is 4.96. The predicted molar refractivity (Wildman–Crippen MR) is 93.3 cm³/mol. The zero-order chi connectivity index (χ0) is 16.8. The van der Waals surface area contributed by atoms with Crippen LogP contribution in [-0.4, -0.2) is 5.91 Å². The number of rotatable bonds is 6. The van der Waals surface area contributed by atoms with Crippen LogP contribution in [0.1, 0.15) is 28.8 Å². The van der Waals surface area contributed by atoms with Gasteiger partial charge in [-0.15, -0.1) is 0 Å². The van der Waals surface area contributed by atoms with Crippen molar-refractivity contribution >= 4 is 11.6 Å². The molecule has 0 bridgehead atoms. The van der Waals surface area contributed by atoms with Gasteiger partial charge in [0.1, 0.15) is 18.1 Å². The Labute approximate surface area is 141 Å². The van der Waals surface area contributed by atoms with Crippen LogP contribution in [0, 0.1) is 0 Å². The normalized spacial score (nSPS) is 10.4. The summed E-state index contributed by atoms with van der Waals surface area (Å²) >= 11 is 0. The minimum Gasteiger partial charge on any atom is -0.486 e. The number of anilines is 1. The van der Waals surface area contributed by atoms with E-state index in [0.717, 1.165) is 17.9 Å². The third-order valence-electron chi connectivity index (χ3n) is 3.63. The van der Waals surface area contributed by atoms with Crippen molar-refractivity contribution in [2.45, 2.75) is 20.0 Å². The number of para-hydroxylation sites is 1. The van der Waals surface area contributed by atoms with Crippen LogP contribution in [0.5, 0.6) is 5.75 Å². The van der Waals surface area contributed by atoms with E-state index in [1.165, 1.54) is 5.56 Å². The van der Waals surface area contributed by atoms with Crippen molar-refractivity contribution in [1.29, 1.82) is 0 Å². The van der Waals surface area contributed by atoms with Crippen LogP contribution in [0.4, 0.5) is 5.69 Å². The largest absolute Gasteiger partial charge is 0.486 e. The van der Waals surface area contributed by atoms with Crippen LogP contribution in [0.2, 0.25) is 0 Å². The highest BCUT2D eigenvalue weighted by atomic mass is 16.5. The van der Waals surface area contributed by atoms with Gasteiger partial charge in [0, 0.05) is 5.69 Å². The third kappa shape index (κ3) is 4.04. The number of hydrogen-bond donors (Lipinski definition) is 1. The lowest BCUT2D eigenvalue weighted by atomic mass is 10.2. The van der Waals surface area contributed by atoms with Crippen molar-refractivity contribution in [3.63, 3.8) is 0 Å². The number of nitrogens with one attached hydrogen (secondary N) is 1. The van der Waals surface area contributed by atoms with Crippen LogP contribution in [0.3, 0.4) is 0 Å². The molecule has 0 radical (unpaired) electrons. The van der Waals surface area contributed by atoms with Gasteiger partial charge in [-0.25, -0.2) is 0 Å². The Morgan fingerprint density at radius 3 is 2.46 bits per heavy atom. The van der Waals surface area contributed by atoms with Gasteiger partial charge in [0.15, 0.2) is 5.76 Å². The van der Waals surface area contributed by atoms with E-state index in [2.05, 4.69) is 12.2 Å². The maximum Gasteiger partial charge on any atom is 0.291 e. The molecule has 0 fully saturated rings. The lowest BCUT2D eigenvalue weighted by molar-refractivity contribution is 0.0992. The Bertz CT molecular complexity index is 791. The first-order valence-corrected chi connectivity index (χ1v) is 7.91. The highest BCUT2D eigenvalue weighted by Gasteiger charge is 2.11. The first-order chi connectivity index (χ1) is 11.7. The average molecular weight is 321 g/mol. The lowest BCUT2D eigenvalue weighted by Crippen LogP contribution is -2.10. The lowest BCUT2D eigenvalue weighted by Gasteiger charge is -2.05. The topological polar surface area (TPSA) is 51.5 Å². The molecule has 1 aromatic heterocycles. The van der Waals surface area contributed by atoms with Gasteiger partial charge in [0.2, 0.25) is 0 Å². The van der Waals surface area contributed by atoms with Crippen LogP contribution in [0.25, 0.3) is 0 Å². The smallest absolute Gasteiger partial charge is 0.291 e. The molecule has 24 heavy (non-hydrogen) atoms. The molecule has 122 valence electrons. The van der Waals surface area contributed by atoms with E-state index in [1.807, 2.05) is 54.6 Å². The summed E-state index contributed by atoms with van der Waals surface area (Å²) < 4.78 is 11.2. The van der Waals surface area contributed by atoms with E-state index in [1.54, 1.807) is 12.1 Å². The fraction of sp³-hybridized carbons (Fsp3) is 0.150. The van der Waals surface area contributed by atoms with Gasteiger partial charge in [-0.05, 0) is 48.4 Å². The number of ether oxygens (including phenoxy) is 1. The minimum atomic E-state index is -0.278. The number of carbonyl (C=O) groups excluding carboxylic acids is 1. The molecule has 0 aliphatic carbocycles. The van der Waals surface area contributed by atoms with Crippen molar-refractivity contribution in [2.75, 3.05) is 5.32 Å². The molecule has 1 N–H and O–H groups in total. The summed E-state index contributed by atoms with van der Waals surface area (Å²) in [5, 5.41) is 2.78. The summed E-state index contributed by atoms with van der Waals surface area (Å²) in [5.41, 5.74) is 1.99. The van der Waals surface area contributed by atoms with Gasteiger partial charge < -0.3 is 14.5 Å². The Hall–Kier alpha value is -3.01. The van der Waals surface area contributed by atoms with Gasteiger partial charge in [0.05, 0.1) is 0 Å². The van der Waals surface area contributed by atoms with Crippen molar-refractivity contribution in [1.82, 2.24) is 0 Å². The monoisotopic (exact) mass is 321 g/mol. The molecule has 3 rings (SSSR count). The number of hydrogen-bond acceptors (Lipinski definition) is 3. The number of carbonyl (C=O) groups is 1. The number of amides is 1. The predicted octanol–water partition coefficient (Wildman–Crippen LogP) is 4.67. The second-order valence-electron chi connectivity index (χ2n) is 5.37. The fourth-order valence-corrected chi connectivity index (χ4v) is 2.27. The number of benzene rings is 2. The molecule has 0 unspecified atom stereocenters. The standard InChI is InChI=1S/C20H19NO3/c1-2-15-8-10-17(11-9-15)23-14-18-12-13-19(24-18)20(22)21-16-6-4-3-5-7-16/h3-13H,2,14H2,1H3,(H,21,22). The summed E-state index contributed by atoms with van der Waals surface area (Å²) in [7, 11) is 0. The molecule has 2 aromatic carbocycles. The molecule has 0 spiro atoms. The van der Waals surface area contributed by atoms with Gasteiger partial charge in [0.25, 0.3) is 5.91 Å². The van der Waals surface area contributed by atoms with E-state index >= 15 is 0 Å². The number of aryl methyl sites for hydroxylation is 1. The molecule has 3 aromatic rings. The molecule has 0 saturated carbocycles. The Morgan fingerprint density at radius 1 is 1.00 bits per heavy atom. The average Bonchev–Trinajstić information content (AvgIpc) is 3.10. The molecule has 0 aliphatic heterocycles. The molecule has 0 aliphatic rings. The second-order valence-corrected chi connectivity index (χ2v) is 5.37.